The number of carbonyl (C=O) groups is 1. The largest absolute Gasteiger partial charge is 0.494 e. The highest BCUT2D eigenvalue weighted by molar-refractivity contribution is 5.74. The number of aromatic nitrogens is 1. The molecule has 1 heterocycles. The quantitative estimate of drug-likeness (QED) is 0.258. The smallest absolute Gasteiger partial charge is 0.344 e. The van der Waals surface area contributed by atoms with Crippen molar-refractivity contribution >= 4 is 23.1 Å². The van der Waals surface area contributed by atoms with Gasteiger partial charge in [-0.3, -0.25) is 0 Å². The van der Waals surface area contributed by atoms with E-state index in [1.54, 1.807) is 13.0 Å². The van der Waals surface area contributed by atoms with Gasteiger partial charge in [-0.2, -0.15) is 4.98 Å². The summed E-state index contributed by atoms with van der Waals surface area (Å²) >= 11 is 0. The number of hydrogen-bond acceptors (Lipinski definition) is 6. The predicted octanol–water partition coefficient (Wildman–Crippen LogP) is 5.85. The highest BCUT2D eigenvalue weighted by atomic mass is 16.5. The molecule has 182 valence electrons. The summed E-state index contributed by atoms with van der Waals surface area (Å²) in [5.41, 5.74) is 3.68. The van der Waals surface area contributed by atoms with Crippen LogP contribution in [-0.4, -0.2) is 35.3 Å². The van der Waals surface area contributed by atoms with Crippen LogP contribution in [0.1, 0.15) is 30.9 Å². The molecule has 0 aliphatic heterocycles. The third kappa shape index (κ3) is 6.53. The Morgan fingerprint density at radius 3 is 2.60 bits per heavy atom. The molecular weight excluding hydrogens is 444 g/mol. The highest BCUT2D eigenvalue weighted by Gasteiger charge is 2.18. The van der Waals surface area contributed by atoms with Crippen LogP contribution in [0.5, 0.6) is 11.5 Å². The van der Waals surface area contributed by atoms with Gasteiger partial charge in [0, 0.05) is 13.1 Å². The molecule has 0 aliphatic carbocycles. The van der Waals surface area contributed by atoms with Crippen molar-refractivity contribution in [3.63, 3.8) is 0 Å². The Morgan fingerprint density at radius 1 is 1.06 bits per heavy atom. The Balaban J connectivity index is 1.47. The van der Waals surface area contributed by atoms with Crippen molar-refractivity contribution < 1.29 is 23.8 Å². The molecule has 1 N–H and O–H groups in total. The van der Waals surface area contributed by atoms with Gasteiger partial charge in [0.05, 0.1) is 6.61 Å². The number of nitrogens with zero attached hydrogens (tertiary/aromatic N) is 2. The maximum absolute atomic E-state index is 11.4. The van der Waals surface area contributed by atoms with Crippen LogP contribution in [0.4, 0.5) is 6.01 Å². The number of anilines is 1. The van der Waals surface area contributed by atoms with Gasteiger partial charge in [-0.1, -0.05) is 48.9 Å². The highest BCUT2D eigenvalue weighted by Crippen LogP contribution is 2.25. The predicted molar refractivity (Wildman–Crippen MR) is 135 cm³/mol. The van der Waals surface area contributed by atoms with Crippen molar-refractivity contribution in [3.8, 4) is 11.5 Å². The molecule has 0 saturated heterocycles. The van der Waals surface area contributed by atoms with E-state index in [0.29, 0.717) is 37.9 Å². The minimum Gasteiger partial charge on any atom is -0.494 e. The van der Waals surface area contributed by atoms with E-state index in [1.165, 1.54) is 5.56 Å². The van der Waals surface area contributed by atoms with E-state index in [-0.39, 0.29) is 0 Å². The van der Waals surface area contributed by atoms with Crippen molar-refractivity contribution in [2.45, 2.75) is 39.3 Å². The van der Waals surface area contributed by atoms with Gasteiger partial charge in [0.25, 0.3) is 6.01 Å². The molecule has 0 aliphatic rings. The Bertz CT molecular complexity index is 1220. The number of para-hydroxylation sites is 2. The van der Waals surface area contributed by atoms with Crippen molar-refractivity contribution in [3.05, 3.63) is 83.9 Å². The van der Waals surface area contributed by atoms with E-state index in [1.807, 2.05) is 73.7 Å². The topological polar surface area (TPSA) is 85.0 Å². The Morgan fingerprint density at radius 2 is 1.86 bits per heavy atom. The second-order valence-electron chi connectivity index (χ2n) is 8.40. The first-order valence-electron chi connectivity index (χ1n) is 11.8. The van der Waals surface area contributed by atoms with Gasteiger partial charge in [-0.15, -0.1) is 0 Å². The lowest BCUT2D eigenvalue weighted by molar-refractivity contribution is -0.145. The molecule has 3 aromatic carbocycles. The lowest BCUT2D eigenvalue weighted by Crippen LogP contribution is -2.27. The third-order valence-corrected chi connectivity index (χ3v) is 5.61. The van der Waals surface area contributed by atoms with Crippen LogP contribution in [0, 0.1) is 6.92 Å². The summed E-state index contributed by atoms with van der Waals surface area (Å²) in [5, 5.41) is 9.32. The van der Waals surface area contributed by atoms with Crippen LogP contribution in [0.15, 0.2) is 77.2 Å². The minimum atomic E-state index is -0.973. The van der Waals surface area contributed by atoms with Crippen molar-refractivity contribution in [2.24, 2.45) is 0 Å². The molecule has 0 bridgehead atoms. The van der Waals surface area contributed by atoms with Gasteiger partial charge in [-0.05, 0) is 61.7 Å². The Kier molecular flexibility index (Phi) is 7.88. The van der Waals surface area contributed by atoms with Crippen LogP contribution >= 0.6 is 0 Å². The van der Waals surface area contributed by atoms with Crippen molar-refractivity contribution in [1.82, 2.24) is 4.98 Å². The molecule has 7 nitrogen and oxygen atoms in total. The van der Waals surface area contributed by atoms with Gasteiger partial charge in [0.1, 0.15) is 17.0 Å². The average molecular weight is 475 g/mol. The Hall–Kier alpha value is -4.00. The van der Waals surface area contributed by atoms with E-state index in [9.17, 15) is 9.90 Å². The molecule has 0 saturated carbocycles. The van der Waals surface area contributed by atoms with Gasteiger partial charge in [0.2, 0.25) is 0 Å². The first-order valence-corrected chi connectivity index (χ1v) is 11.8. The number of hydrogen-bond donors (Lipinski definition) is 1. The zero-order valence-corrected chi connectivity index (χ0v) is 20.0. The molecule has 1 aromatic heterocycles. The van der Waals surface area contributed by atoms with Crippen LogP contribution < -0.4 is 14.4 Å². The second kappa shape index (κ2) is 11.4. The van der Waals surface area contributed by atoms with Crippen LogP contribution in [0.2, 0.25) is 0 Å². The van der Waals surface area contributed by atoms with E-state index in [4.69, 9.17) is 13.9 Å². The number of rotatable bonds is 12. The van der Waals surface area contributed by atoms with Gasteiger partial charge >= 0.3 is 5.97 Å². The van der Waals surface area contributed by atoms with Crippen molar-refractivity contribution in [1.29, 1.82) is 0 Å². The summed E-state index contributed by atoms with van der Waals surface area (Å²) in [6.45, 7) is 5.58. The van der Waals surface area contributed by atoms with Crippen LogP contribution in [0.3, 0.4) is 0 Å². The summed E-state index contributed by atoms with van der Waals surface area (Å²) in [6.07, 6.45) is 0.271. The molecule has 0 fully saturated rings. The number of carboxylic acids is 1. The summed E-state index contributed by atoms with van der Waals surface area (Å²) in [4.78, 5) is 18.1. The van der Waals surface area contributed by atoms with Gasteiger partial charge in [0.15, 0.2) is 11.7 Å². The van der Waals surface area contributed by atoms with E-state index in [0.717, 1.165) is 28.8 Å². The standard InChI is InChI=1S/C28H30N2O5/c1-3-25(27(31)32)34-23-9-6-8-21(18-23)19-30(28-29-24-10-4-5-11-26(24)35-28)16-7-17-33-22-14-12-20(2)13-15-22/h4-6,8-15,18,25H,3,7,16-17,19H2,1-2H3,(H,31,32)/t25-/m1/s1. The monoisotopic (exact) mass is 474 g/mol. The summed E-state index contributed by atoms with van der Waals surface area (Å²) < 4.78 is 17.6. The number of aryl methyl sites for hydroxylation is 1. The summed E-state index contributed by atoms with van der Waals surface area (Å²) in [6, 6.07) is 23.7. The maximum atomic E-state index is 11.4. The van der Waals surface area contributed by atoms with Crippen LogP contribution in [-0.2, 0) is 11.3 Å². The molecule has 0 amide bonds. The van der Waals surface area contributed by atoms with Crippen molar-refractivity contribution in [2.75, 3.05) is 18.1 Å². The fourth-order valence-corrected chi connectivity index (χ4v) is 3.73. The lowest BCUT2D eigenvalue weighted by atomic mass is 10.2. The number of benzene rings is 3. The number of ether oxygens (including phenoxy) is 2. The molecule has 0 unspecified atom stereocenters. The van der Waals surface area contributed by atoms with Gasteiger partial charge in [-0.25, -0.2) is 4.79 Å². The first-order chi connectivity index (χ1) is 17.0. The zero-order valence-electron chi connectivity index (χ0n) is 20.0. The molecule has 4 aromatic rings. The van der Waals surface area contributed by atoms with E-state index in [2.05, 4.69) is 9.88 Å². The molecule has 35 heavy (non-hydrogen) atoms. The maximum Gasteiger partial charge on any atom is 0.344 e. The number of aliphatic carboxylic acids is 1. The van der Waals surface area contributed by atoms with Gasteiger partial charge < -0.3 is 23.9 Å². The lowest BCUT2D eigenvalue weighted by Gasteiger charge is -2.21. The fraction of sp³-hybridized carbons (Fsp3) is 0.286. The summed E-state index contributed by atoms with van der Waals surface area (Å²) in [7, 11) is 0. The minimum absolute atomic E-state index is 0.384. The van der Waals surface area contributed by atoms with E-state index < -0.39 is 12.1 Å². The second-order valence-corrected chi connectivity index (χ2v) is 8.40. The fourth-order valence-electron chi connectivity index (χ4n) is 3.73. The molecule has 4 rings (SSSR count). The molecule has 7 heteroatoms. The number of carboxylic acid groups (broad SMARTS) is 1. The van der Waals surface area contributed by atoms with E-state index >= 15 is 0 Å². The third-order valence-electron chi connectivity index (χ3n) is 5.61. The first kappa shape index (κ1) is 24.1. The molecule has 1 atom stereocenters. The zero-order chi connectivity index (χ0) is 24.6. The molecule has 0 spiro atoms. The summed E-state index contributed by atoms with van der Waals surface area (Å²) in [5.74, 6) is 0.398. The Labute approximate surface area is 204 Å². The molecule has 0 radical (unpaired) electrons. The SMILES string of the molecule is CC[C@@H](Oc1cccc(CN(CCCOc2ccc(C)cc2)c2nc3ccccc3o2)c1)C(=O)O. The normalized spacial score (nSPS) is 11.8. The average Bonchev–Trinajstić information content (AvgIpc) is 3.30. The van der Waals surface area contributed by atoms with Crippen LogP contribution in [0.25, 0.3) is 11.1 Å². The number of fused-ring (bicyclic) bond motifs is 1. The molecular formula is C28H30N2O5. The number of oxazole rings is 1.